The van der Waals surface area contributed by atoms with Crippen LogP contribution in [-0.2, 0) is 16.9 Å². The molecule has 8 nitrogen and oxygen atoms in total. The fraction of sp³-hybridized carbons (Fsp3) is 0.345. The Morgan fingerprint density at radius 1 is 0.814 bits per heavy atom. The topological polar surface area (TPSA) is 91.7 Å². The molecule has 1 fully saturated rings. The van der Waals surface area contributed by atoms with Gasteiger partial charge in [-0.05, 0) is 84.9 Å². The van der Waals surface area contributed by atoms with E-state index in [4.69, 9.17) is 0 Å². The minimum Gasteiger partial charge on any atom is -0.451 e. The number of aliphatic hydroxyl groups is 1. The number of rotatable bonds is 8. The summed E-state index contributed by atoms with van der Waals surface area (Å²) in [7, 11) is 1.14. The number of hydrogen-bond donors (Lipinski definition) is 2. The molecule has 43 heavy (non-hydrogen) atoms. The van der Waals surface area contributed by atoms with Crippen LogP contribution in [0.15, 0.2) is 72.8 Å². The molecule has 1 heterocycles. The predicted molar refractivity (Wildman–Crippen MR) is 140 cm³/mol. The van der Waals surface area contributed by atoms with E-state index in [0.29, 0.717) is 37.5 Å². The summed E-state index contributed by atoms with van der Waals surface area (Å²) in [4.78, 5) is 13.6. The smallest absolute Gasteiger partial charge is 0.451 e. The van der Waals surface area contributed by atoms with Crippen molar-refractivity contribution in [2.75, 3.05) is 25.3 Å². The van der Waals surface area contributed by atoms with Gasteiger partial charge in [0.15, 0.2) is 0 Å². The summed E-state index contributed by atoms with van der Waals surface area (Å²) in [5, 5.41) is 22.3. The largest absolute Gasteiger partial charge is 0.573 e. The van der Waals surface area contributed by atoms with Gasteiger partial charge in [0.05, 0.1) is 12.8 Å². The van der Waals surface area contributed by atoms with Crippen LogP contribution in [0.3, 0.4) is 0 Å². The van der Waals surface area contributed by atoms with Crippen LogP contribution in [0.5, 0.6) is 11.5 Å². The second kappa shape index (κ2) is 12.7. The molecule has 14 heteroatoms. The fourth-order valence-corrected chi connectivity index (χ4v) is 5.16. The van der Waals surface area contributed by atoms with E-state index in [2.05, 4.69) is 19.1 Å². The van der Waals surface area contributed by atoms with Crippen molar-refractivity contribution in [1.82, 2.24) is 4.90 Å². The monoisotopic (exact) mass is 614 g/mol. The highest BCUT2D eigenvalue weighted by Gasteiger charge is 2.42. The van der Waals surface area contributed by atoms with Crippen molar-refractivity contribution in [2.24, 2.45) is 5.92 Å². The molecule has 0 saturated carbocycles. The highest BCUT2D eigenvalue weighted by atomic mass is 19.4. The zero-order valence-electron chi connectivity index (χ0n) is 22.7. The summed E-state index contributed by atoms with van der Waals surface area (Å²) in [5.41, 5.74) is -0.145. The normalized spacial score (nSPS) is 15.2. The molecule has 2 N–H and O–H groups in total. The molecular weight excluding hydrogens is 586 g/mol. The van der Waals surface area contributed by atoms with E-state index in [1.54, 1.807) is 24.3 Å². The third-order valence-corrected chi connectivity index (χ3v) is 7.17. The molecule has 0 aliphatic carbocycles. The highest BCUT2D eigenvalue weighted by Crippen LogP contribution is 2.43. The van der Waals surface area contributed by atoms with Crippen LogP contribution in [0.2, 0.25) is 0 Å². The number of likely N-dealkylation sites (tertiary alicyclic amines) is 1. The molecule has 0 aromatic heterocycles. The Morgan fingerprint density at radius 3 is 1.65 bits per heavy atom. The molecule has 0 unspecified atom stereocenters. The molecule has 232 valence electrons. The number of alkyl halides is 6. The quantitative estimate of drug-likeness (QED) is 0.168. The van der Waals surface area contributed by atoms with Gasteiger partial charge in [-0.1, -0.05) is 36.4 Å². The van der Waals surface area contributed by atoms with Gasteiger partial charge in [0.2, 0.25) is 0 Å². The number of hydroxylamine groups is 1. The first-order chi connectivity index (χ1) is 20.2. The Bertz CT molecular complexity index is 1300. The van der Waals surface area contributed by atoms with Gasteiger partial charge in [-0.15, -0.1) is 26.3 Å². The number of methoxy groups -OCH3 is 1. The van der Waals surface area contributed by atoms with Gasteiger partial charge in [-0.25, -0.2) is 4.79 Å². The Kier molecular flexibility index (Phi) is 9.42. The fourth-order valence-electron chi connectivity index (χ4n) is 5.16. The van der Waals surface area contributed by atoms with Gasteiger partial charge >= 0.3 is 18.8 Å². The molecule has 1 aliphatic rings. The van der Waals surface area contributed by atoms with Gasteiger partial charge < -0.3 is 19.3 Å². The SMILES string of the molecule is COC(=O)N(O)c1ccc(CN2CCC(C(O)(c3ccc(OC(F)(F)F)cc3)c3ccc(OC(F)(F)F)cc3)CC2)cc1. The Labute approximate surface area is 242 Å². The molecule has 1 aliphatic heterocycles. The van der Waals surface area contributed by atoms with E-state index in [1.165, 1.54) is 24.3 Å². The minimum absolute atomic E-state index is 0.220. The second-order valence-electron chi connectivity index (χ2n) is 9.91. The van der Waals surface area contributed by atoms with Crippen molar-refractivity contribution in [1.29, 1.82) is 0 Å². The number of amides is 1. The summed E-state index contributed by atoms with van der Waals surface area (Å²) in [6.07, 6.45) is -9.85. The third-order valence-electron chi connectivity index (χ3n) is 7.17. The average molecular weight is 615 g/mol. The first kappa shape index (κ1) is 31.9. The molecule has 3 aromatic rings. The van der Waals surface area contributed by atoms with Crippen LogP contribution in [-0.4, -0.2) is 54.2 Å². The van der Waals surface area contributed by atoms with Gasteiger partial charge in [0.1, 0.15) is 17.1 Å². The second-order valence-corrected chi connectivity index (χ2v) is 9.91. The first-order valence-electron chi connectivity index (χ1n) is 13.0. The number of carbonyl (C=O) groups excluding carboxylic acids is 1. The highest BCUT2D eigenvalue weighted by molar-refractivity contribution is 5.84. The number of piperidine rings is 1. The van der Waals surface area contributed by atoms with E-state index in [9.17, 15) is 41.5 Å². The summed E-state index contributed by atoms with van der Waals surface area (Å²) < 4.78 is 88.4. The Morgan fingerprint density at radius 2 is 1.26 bits per heavy atom. The maximum Gasteiger partial charge on any atom is 0.573 e. The van der Waals surface area contributed by atoms with Crippen molar-refractivity contribution < 1.29 is 55.7 Å². The third kappa shape index (κ3) is 8.09. The number of anilines is 1. The lowest BCUT2D eigenvalue weighted by Gasteiger charge is -2.42. The van der Waals surface area contributed by atoms with Crippen LogP contribution in [0.25, 0.3) is 0 Å². The molecule has 0 spiro atoms. The first-order valence-corrected chi connectivity index (χ1v) is 13.0. The maximum absolute atomic E-state index is 12.7. The van der Waals surface area contributed by atoms with E-state index in [1.807, 2.05) is 0 Å². The summed E-state index contributed by atoms with van der Waals surface area (Å²) in [6.45, 7) is 1.56. The number of halogens is 6. The van der Waals surface area contributed by atoms with E-state index in [0.717, 1.165) is 36.9 Å². The minimum atomic E-state index is -4.90. The van der Waals surface area contributed by atoms with Crippen molar-refractivity contribution >= 4 is 11.8 Å². The lowest BCUT2D eigenvalue weighted by atomic mass is 9.72. The van der Waals surface area contributed by atoms with E-state index >= 15 is 0 Å². The molecule has 0 radical (unpaired) electrons. The van der Waals surface area contributed by atoms with Gasteiger partial charge in [0.25, 0.3) is 0 Å². The molecule has 4 rings (SSSR count). The molecule has 1 amide bonds. The Hall–Kier alpha value is -4.01. The number of hydrogen-bond acceptors (Lipinski definition) is 7. The van der Waals surface area contributed by atoms with Gasteiger partial charge in [-0.3, -0.25) is 10.1 Å². The van der Waals surface area contributed by atoms with Crippen LogP contribution in [0, 0.1) is 5.92 Å². The van der Waals surface area contributed by atoms with Gasteiger partial charge in [0, 0.05) is 6.54 Å². The molecule has 0 bridgehead atoms. The van der Waals surface area contributed by atoms with E-state index < -0.39 is 41.8 Å². The number of benzene rings is 3. The Balaban J connectivity index is 1.52. The lowest BCUT2D eigenvalue weighted by molar-refractivity contribution is -0.275. The standard InChI is InChI=1S/C29H28F6N2O6/c1-41-26(38)37(40)23-8-2-19(3-9-23)18-36-16-14-22(15-17-36)27(39,20-4-10-24(11-5-20)42-28(30,31)32)21-6-12-25(13-7-21)43-29(33,34)35/h2-13,22,39-40H,14-18H2,1H3. The number of ether oxygens (including phenoxy) is 3. The van der Waals surface area contributed by atoms with Gasteiger partial charge in [-0.2, -0.15) is 5.06 Å². The predicted octanol–water partition coefficient (Wildman–Crippen LogP) is 6.59. The van der Waals surface area contributed by atoms with Crippen molar-refractivity contribution in [3.05, 3.63) is 89.5 Å². The van der Waals surface area contributed by atoms with Crippen LogP contribution in [0.1, 0.15) is 29.5 Å². The summed E-state index contributed by atoms with van der Waals surface area (Å²) in [5.74, 6) is -1.41. The number of carbonyl (C=O) groups is 1. The maximum atomic E-state index is 12.7. The van der Waals surface area contributed by atoms with Crippen LogP contribution in [0.4, 0.5) is 36.8 Å². The number of nitrogens with zero attached hydrogens (tertiary/aromatic N) is 2. The summed E-state index contributed by atoms with van der Waals surface area (Å²) >= 11 is 0. The van der Waals surface area contributed by atoms with Crippen molar-refractivity contribution in [3.63, 3.8) is 0 Å². The summed E-state index contributed by atoms with van der Waals surface area (Å²) in [6, 6.07) is 16.1. The molecule has 1 saturated heterocycles. The van der Waals surface area contributed by atoms with Crippen LogP contribution >= 0.6 is 0 Å². The zero-order valence-corrected chi connectivity index (χ0v) is 22.7. The zero-order chi connectivity index (χ0) is 31.4. The molecule has 0 atom stereocenters. The average Bonchev–Trinajstić information content (AvgIpc) is 2.96. The molecule has 3 aromatic carbocycles. The van der Waals surface area contributed by atoms with E-state index in [-0.39, 0.29) is 16.8 Å². The van der Waals surface area contributed by atoms with Crippen LogP contribution < -0.4 is 14.5 Å². The van der Waals surface area contributed by atoms with Crippen molar-refractivity contribution in [2.45, 2.75) is 37.7 Å². The molecular formula is C29H28F6N2O6. The lowest BCUT2D eigenvalue weighted by Crippen LogP contribution is -2.44. The van der Waals surface area contributed by atoms with Crippen molar-refractivity contribution in [3.8, 4) is 11.5 Å².